The van der Waals surface area contributed by atoms with Crippen molar-refractivity contribution in [3.63, 3.8) is 0 Å². The van der Waals surface area contributed by atoms with Crippen molar-refractivity contribution in [2.45, 2.75) is 11.4 Å². The zero-order chi connectivity index (χ0) is 18.7. The van der Waals surface area contributed by atoms with Crippen LogP contribution in [0.1, 0.15) is 5.56 Å². The second-order valence-corrected chi connectivity index (χ2v) is 8.27. The van der Waals surface area contributed by atoms with E-state index in [1.165, 1.54) is 17.4 Å². The minimum atomic E-state index is -3.98. The number of hydrogen-bond donors (Lipinski definition) is 0. The van der Waals surface area contributed by atoms with Gasteiger partial charge in [-0.15, -0.1) is 11.3 Å². The standard InChI is InChI=1S/C17H14ClFN2O3S2/c1-24-13-4-2-12(3-5-13)9-21(17-10-25-11-20-17)26(22,23)14-6-7-16(19)15(18)8-14/h2-8,10-11H,9H2,1H3. The van der Waals surface area contributed by atoms with E-state index < -0.39 is 15.8 Å². The van der Waals surface area contributed by atoms with Gasteiger partial charge >= 0.3 is 0 Å². The van der Waals surface area contributed by atoms with E-state index >= 15 is 0 Å². The maximum absolute atomic E-state index is 13.4. The summed E-state index contributed by atoms with van der Waals surface area (Å²) in [4.78, 5) is 4.01. The number of methoxy groups -OCH3 is 1. The Morgan fingerprint density at radius 3 is 2.54 bits per heavy atom. The number of halogens is 2. The fraction of sp³-hybridized carbons (Fsp3) is 0.118. The normalized spacial score (nSPS) is 11.3. The Morgan fingerprint density at radius 2 is 1.96 bits per heavy atom. The molecule has 0 saturated carbocycles. The van der Waals surface area contributed by atoms with Crippen molar-refractivity contribution in [3.8, 4) is 5.75 Å². The van der Waals surface area contributed by atoms with Gasteiger partial charge in [0.2, 0.25) is 0 Å². The second kappa shape index (κ2) is 7.61. The lowest BCUT2D eigenvalue weighted by Gasteiger charge is -2.22. The summed E-state index contributed by atoms with van der Waals surface area (Å²) < 4.78 is 45.9. The molecule has 0 aliphatic heterocycles. The molecule has 0 atom stereocenters. The Labute approximate surface area is 159 Å². The third-order valence-electron chi connectivity index (χ3n) is 3.64. The van der Waals surface area contributed by atoms with Gasteiger partial charge in [-0.1, -0.05) is 23.7 Å². The van der Waals surface area contributed by atoms with Crippen molar-refractivity contribution in [2.24, 2.45) is 0 Å². The van der Waals surface area contributed by atoms with Crippen molar-refractivity contribution < 1.29 is 17.5 Å². The molecule has 0 amide bonds. The Hall–Kier alpha value is -2.16. The van der Waals surface area contributed by atoms with Crippen LogP contribution in [0.15, 0.2) is 58.3 Å². The average molecular weight is 413 g/mol. The molecule has 0 saturated heterocycles. The predicted molar refractivity (Wildman–Crippen MR) is 99.9 cm³/mol. The zero-order valence-electron chi connectivity index (χ0n) is 13.6. The molecule has 0 bridgehead atoms. The highest BCUT2D eigenvalue weighted by atomic mass is 35.5. The second-order valence-electron chi connectivity index (χ2n) is 5.28. The van der Waals surface area contributed by atoms with Crippen LogP contribution in [0.5, 0.6) is 5.75 Å². The highest BCUT2D eigenvalue weighted by Crippen LogP contribution is 2.28. The summed E-state index contributed by atoms with van der Waals surface area (Å²) in [7, 11) is -2.43. The summed E-state index contributed by atoms with van der Waals surface area (Å²) in [6.07, 6.45) is 0. The molecule has 9 heteroatoms. The van der Waals surface area contributed by atoms with Gasteiger partial charge in [-0.3, -0.25) is 0 Å². The number of sulfonamides is 1. The molecule has 1 aromatic heterocycles. The van der Waals surface area contributed by atoms with Gasteiger partial charge in [-0.2, -0.15) is 0 Å². The first kappa shape index (κ1) is 18.6. The molecule has 0 N–H and O–H groups in total. The number of thiazole rings is 1. The lowest BCUT2D eigenvalue weighted by Crippen LogP contribution is -2.30. The van der Waals surface area contributed by atoms with Gasteiger partial charge in [0.25, 0.3) is 10.0 Å². The van der Waals surface area contributed by atoms with Crippen LogP contribution in [-0.4, -0.2) is 20.5 Å². The molecule has 26 heavy (non-hydrogen) atoms. The Bertz CT molecular complexity index is 993. The molecule has 0 aliphatic carbocycles. The van der Waals surface area contributed by atoms with Crippen LogP contribution >= 0.6 is 22.9 Å². The summed E-state index contributed by atoms with van der Waals surface area (Å²) in [6.45, 7) is 0.0606. The summed E-state index contributed by atoms with van der Waals surface area (Å²) in [5.41, 5.74) is 2.29. The van der Waals surface area contributed by atoms with Crippen molar-refractivity contribution in [2.75, 3.05) is 11.4 Å². The van der Waals surface area contributed by atoms with Crippen LogP contribution in [0.3, 0.4) is 0 Å². The first-order chi connectivity index (χ1) is 12.4. The summed E-state index contributed by atoms with van der Waals surface area (Å²) in [5.74, 6) is 0.273. The summed E-state index contributed by atoms with van der Waals surface area (Å²) in [5, 5.41) is 1.38. The third-order valence-corrected chi connectivity index (χ3v) is 6.25. The van der Waals surface area contributed by atoms with Crippen LogP contribution in [0.25, 0.3) is 0 Å². The Kier molecular flexibility index (Phi) is 5.45. The molecule has 136 valence electrons. The monoisotopic (exact) mass is 412 g/mol. The molecule has 0 unspecified atom stereocenters. The number of nitrogens with zero attached hydrogens (tertiary/aromatic N) is 2. The molecule has 0 radical (unpaired) electrons. The van der Waals surface area contributed by atoms with Crippen LogP contribution in [-0.2, 0) is 16.6 Å². The van der Waals surface area contributed by atoms with Gasteiger partial charge in [0, 0.05) is 5.38 Å². The maximum Gasteiger partial charge on any atom is 0.265 e. The van der Waals surface area contributed by atoms with Crippen LogP contribution in [0, 0.1) is 5.82 Å². The van der Waals surface area contributed by atoms with E-state index in [0.717, 1.165) is 22.0 Å². The Balaban J connectivity index is 2.01. The van der Waals surface area contributed by atoms with Crippen molar-refractivity contribution >= 4 is 38.8 Å². The topological polar surface area (TPSA) is 59.5 Å². The largest absolute Gasteiger partial charge is 0.497 e. The fourth-order valence-electron chi connectivity index (χ4n) is 2.28. The summed E-state index contributed by atoms with van der Waals surface area (Å²) in [6, 6.07) is 10.3. The van der Waals surface area contributed by atoms with Crippen molar-refractivity contribution in [3.05, 3.63) is 69.8 Å². The molecule has 0 fully saturated rings. The highest BCUT2D eigenvalue weighted by molar-refractivity contribution is 7.92. The number of hydrogen-bond acceptors (Lipinski definition) is 5. The average Bonchev–Trinajstić information content (AvgIpc) is 3.16. The van der Waals surface area contributed by atoms with Gasteiger partial charge in [0.1, 0.15) is 11.6 Å². The van der Waals surface area contributed by atoms with Gasteiger partial charge in [-0.25, -0.2) is 22.1 Å². The van der Waals surface area contributed by atoms with E-state index in [-0.39, 0.29) is 22.3 Å². The lowest BCUT2D eigenvalue weighted by molar-refractivity contribution is 0.414. The van der Waals surface area contributed by atoms with Crippen molar-refractivity contribution in [1.82, 2.24) is 4.98 Å². The van der Waals surface area contributed by atoms with Gasteiger partial charge in [0.05, 0.1) is 29.1 Å². The minimum absolute atomic E-state index is 0.0606. The molecule has 1 heterocycles. The van der Waals surface area contributed by atoms with Crippen LogP contribution in [0.2, 0.25) is 5.02 Å². The fourth-order valence-corrected chi connectivity index (χ4v) is 4.56. The van der Waals surface area contributed by atoms with Gasteiger partial charge in [0.15, 0.2) is 5.82 Å². The van der Waals surface area contributed by atoms with Crippen LogP contribution in [0.4, 0.5) is 10.2 Å². The van der Waals surface area contributed by atoms with E-state index in [1.54, 1.807) is 42.3 Å². The number of ether oxygens (including phenoxy) is 1. The Morgan fingerprint density at radius 1 is 1.23 bits per heavy atom. The number of aromatic nitrogens is 1. The third kappa shape index (κ3) is 3.82. The van der Waals surface area contributed by atoms with E-state index in [0.29, 0.717) is 5.75 Å². The van der Waals surface area contributed by atoms with Crippen molar-refractivity contribution in [1.29, 1.82) is 0 Å². The SMILES string of the molecule is COc1ccc(CN(c2cscn2)S(=O)(=O)c2ccc(F)c(Cl)c2)cc1. The number of benzene rings is 2. The zero-order valence-corrected chi connectivity index (χ0v) is 16.0. The smallest absolute Gasteiger partial charge is 0.265 e. The molecule has 3 rings (SSSR count). The minimum Gasteiger partial charge on any atom is -0.497 e. The molecular weight excluding hydrogens is 399 g/mol. The van der Waals surface area contributed by atoms with E-state index in [9.17, 15) is 12.8 Å². The molecule has 0 spiro atoms. The van der Waals surface area contributed by atoms with Gasteiger partial charge < -0.3 is 4.74 Å². The number of rotatable bonds is 6. The van der Waals surface area contributed by atoms with E-state index in [4.69, 9.17) is 16.3 Å². The summed E-state index contributed by atoms with van der Waals surface area (Å²) >= 11 is 7.04. The van der Waals surface area contributed by atoms with Gasteiger partial charge in [-0.05, 0) is 35.9 Å². The maximum atomic E-state index is 13.4. The first-order valence-corrected chi connectivity index (χ1v) is 10.2. The lowest BCUT2D eigenvalue weighted by atomic mass is 10.2. The molecule has 0 aliphatic rings. The molecule has 3 aromatic rings. The molecular formula is C17H14ClFN2O3S2. The molecule has 5 nitrogen and oxygen atoms in total. The quantitative estimate of drug-likeness (QED) is 0.604. The van der Waals surface area contributed by atoms with E-state index in [1.807, 2.05) is 0 Å². The van der Waals surface area contributed by atoms with E-state index in [2.05, 4.69) is 4.98 Å². The predicted octanol–water partition coefficient (Wildman–Crippen LogP) is 4.34. The van der Waals surface area contributed by atoms with Crippen LogP contribution < -0.4 is 9.04 Å². The first-order valence-electron chi connectivity index (χ1n) is 7.41. The molecule has 2 aromatic carbocycles. The number of anilines is 1. The highest BCUT2D eigenvalue weighted by Gasteiger charge is 2.27.